The van der Waals surface area contributed by atoms with Crippen molar-refractivity contribution >= 4 is 21.6 Å². The summed E-state index contributed by atoms with van der Waals surface area (Å²) >= 11 is 1.73. The Labute approximate surface area is 97.6 Å². The van der Waals surface area contributed by atoms with Gasteiger partial charge in [-0.2, -0.15) is 0 Å². The molecule has 0 atom stereocenters. The molecule has 2 heterocycles. The Morgan fingerprint density at radius 3 is 2.62 bits per heavy atom. The van der Waals surface area contributed by atoms with Gasteiger partial charge < -0.3 is 0 Å². The Morgan fingerprint density at radius 1 is 1.00 bits per heavy atom. The van der Waals surface area contributed by atoms with Crippen molar-refractivity contribution in [1.82, 2.24) is 9.97 Å². The van der Waals surface area contributed by atoms with Crippen LogP contribution in [0.15, 0.2) is 42.7 Å². The van der Waals surface area contributed by atoms with Crippen LogP contribution in [0, 0.1) is 6.92 Å². The van der Waals surface area contributed by atoms with Gasteiger partial charge in [0.2, 0.25) is 0 Å². The van der Waals surface area contributed by atoms with Crippen LogP contribution in [0.1, 0.15) is 5.01 Å². The highest BCUT2D eigenvalue weighted by atomic mass is 32.1. The molecule has 0 aliphatic heterocycles. The van der Waals surface area contributed by atoms with Crippen molar-refractivity contribution in [3.05, 3.63) is 47.7 Å². The first-order chi connectivity index (χ1) is 7.83. The first-order valence-electron chi connectivity index (χ1n) is 5.10. The van der Waals surface area contributed by atoms with Crippen LogP contribution in [0.2, 0.25) is 0 Å². The van der Waals surface area contributed by atoms with E-state index < -0.39 is 0 Å². The summed E-state index contributed by atoms with van der Waals surface area (Å²) in [6, 6.07) is 10.4. The Balaban J connectivity index is 2.18. The van der Waals surface area contributed by atoms with E-state index in [0.717, 1.165) is 10.5 Å². The van der Waals surface area contributed by atoms with Gasteiger partial charge in [-0.05, 0) is 42.3 Å². The van der Waals surface area contributed by atoms with Crippen LogP contribution in [0.25, 0.3) is 21.3 Å². The second-order valence-corrected chi connectivity index (χ2v) is 4.89. The van der Waals surface area contributed by atoms with E-state index in [9.17, 15) is 0 Å². The number of fused-ring (bicyclic) bond motifs is 1. The maximum atomic E-state index is 4.45. The molecule has 0 spiro atoms. The Hall–Kier alpha value is -1.74. The molecule has 0 bridgehead atoms. The van der Waals surface area contributed by atoms with Gasteiger partial charge in [0.15, 0.2) is 0 Å². The molecule has 78 valence electrons. The monoisotopic (exact) mass is 226 g/mol. The lowest BCUT2D eigenvalue weighted by Gasteiger charge is -1.99. The first kappa shape index (κ1) is 9.48. The highest BCUT2D eigenvalue weighted by Gasteiger charge is 2.02. The maximum Gasteiger partial charge on any atom is 0.0907 e. The number of benzene rings is 1. The van der Waals surface area contributed by atoms with E-state index in [2.05, 4.69) is 28.2 Å². The number of aromatic nitrogens is 2. The van der Waals surface area contributed by atoms with Gasteiger partial charge in [0.25, 0.3) is 0 Å². The first-order valence-corrected chi connectivity index (χ1v) is 5.92. The third-order valence-electron chi connectivity index (χ3n) is 2.51. The van der Waals surface area contributed by atoms with Gasteiger partial charge in [0.1, 0.15) is 0 Å². The van der Waals surface area contributed by atoms with Crippen molar-refractivity contribution < 1.29 is 0 Å². The SMILES string of the molecule is Cc1nc2ccc(-c3ccncc3)cc2s1. The largest absolute Gasteiger partial charge is 0.265 e. The summed E-state index contributed by atoms with van der Waals surface area (Å²) in [5.74, 6) is 0. The van der Waals surface area contributed by atoms with Crippen molar-refractivity contribution in [1.29, 1.82) is 0 Å². The molecule has 3 heteroatoms. The van der Waals surface area contributed by atoms with E-state index >= 15 is 0 Å². The summed E-state index contributed by atoms with van der Waals surface area (Å²) in [5.41, 5.74) is 3.50. The summed E-state index contributed by atoms with van der Waals surface area (Å²) in [4.78, 5) is 8.48. The van der Waals surface area contributed by atoms with Crippen molar-refractivity contribution in [3.63, 3.8) is 0 Å². The van der Waals surface area contributed by atoms with Crippen molar-refractivity contribution in [2.24, 2.45) is 0 Å². The lowest BCUT2D eigenvalue weighted by atomic mass is 10.1. The summed E-state index contributed by atoms with van der Waals surface area (Å²) in [6.07, 6.45) is 3.63. The third kappa shape index (κ3) is 1.59. The normalized spacial score (nSPS) is 10.8. The molecule has 0 aliphatic carbocycles. The Bertz CT molecular complexity index is 629. The average Bonchev–Trinajstić information content (AvgIpc) is 2.69. The van der Waals surface area contributed by atoms with E-state index in [-0.39, 0.29) is 0 Å². The summed E-state index contributed by atoms with van der Waals surface area (Å²) in [6.45, 7) is 2.04. The standard InChI is InChI=1S/C13H10N2S/c1-9-15-12-3-2-11(8-13(12)16-9)10-4-6-14-7-5-10/h2-8H,1H3. The average molecular weight is 226 g/mol. The highest BCUT2D eigenvalue weighted by Crippen LogP contribution is 2.27. The van der Waals surface area contributed by atoms with Crippen molar-refractivity contribution in [2.45, 2.75) is 6.92 Å². The second-order valence-electron chi connectivity index (χ2n) is 3.65. The zero-order chi connectivity index (χ0) is 11.0. The predicted octanol–water partition coefficient (Wildman–Crippen LogP) is 3.67. The molecular weight excluding hydrogens is 216 g/mol. The van der Waals surface area contributed by atoms with Gasteiger partial charge in [-0.25, -0.2) is 4.98 Å². The van der Waals surface area contributed by atoms with E-state index in [1.807, 2.05) is 31.5 Å². The topological polar surface area (TPSA) is 25.8 Å². The van der Waals surface area contributed by atoms with Gasteiger partial charge in [-0.1, -0.05) is 6.07 Å². The lowest BCUT2D eigenvalue weighted by molar-refractivity contribution is 1.33. The molecule has 3 rings (SSSR count). The molecule has 0 radical (unpaired) electrons. The summed E-state index contributed by atoms with van der Waals surface area (Å²) in [5, 5.41) is 1.11. The number of thiazole rings is 1. The molecule has 0 saturated heterocycles. The van der Waals surface area contributed by atoms with Crippen LogP contribution in [0.4, 0.5) is 0 Å². The smallest absolute Gasteiger partial charge is 0.0907 e. The minimum atomic E-state index is 1.08. The molecule has 2 nitrogen and oxygen atoms in total. The van der Waals surface area contributed by atoms with Crippen LogP contribution < -0.4 is 0 Å². The maximum absolute atomic E-state index is 4.45. The van der Waals surface area contributed by atoms with E-state index in [0.29, 0.717) is 0 Å². The van der Waals surface area contributed by atoms with Crippen molar-refractivity contribution in [3.8, 4) is 11.1 Å². The molecule has 0 saturated carbocycles. The van der Waals surface area contributed by atoms with E-state index in [4.69, 9.17) is 0 Å². The summed E-state index contributed by atoms with van der Waals surface area (Å²) in [7, 11) is 0. The Kier molecular flexibility index (Phi) is 2.18. The van der Waals surface area contributed by atoms with E-state index in [1.54, 1.807) is 11.3 Å². The van der Waals surface area contributed by atoms with Crippen LogP contribution in [0.3, 0.4) is 0 Å². The van der Waals surface area contributed by atoms with Crippen LogP contribution in [-0.4, -0.2) is 9.97 Å². The quantitative estimate of drug-likeness (QED) is 0.632. The number of pyridine rings is 1. The zero-order valence-corrected chi connectivity index (χ0v) is 9.66. The number of nitrogens with zero attached hydrogens (tertiary/aromatic N) is 2. The molecule has 0 N–H and O–H groups in total. The zero-order valence-electron chi connectivity index (χ0n) is 8.84. The fraction of sp³-hybridized carbons (Fsp3) is 0.0769. The minimum Gasteiger partial charge on any atom is -0.265 e. The Morgan fingerprint density at radius 2 is 1.81 bits per heavy atom. The lowest BCUT2D eigenvalue weighted by Crippen LogP contribution is -1.77. The molecule has 16 heavy (non-hydrogen) atoms. The van der Waals surface area contributed by atoms with Gasteiger partial charge in [-0.15, -0.1) is 11.3 Å². The third-order valence-corrected chi connectivity index (χ3v) is 3.44. The highest BCUT2D eigenvalue weighted by molar-refractivity contribution is 7.18. The second kappa shape index (κ2) is 3.68. The van der Waals surface area contributed by atoms with Gasteiger partial charge in [0, 0.05) is 12.4 Å². The number of rotatable bonds is 1. The van der Waals surface area contributed by atoms with Crippen LogP contribution >= 0.6 is 11.3 Å². The summed E-state index contributed by atoms with van der Waals surface area (Å²) < 4.78 is 1.24. The van der Waals surface area contributed by atoms with Crippen LogP contribution in [-0.2, 0) is 0 Å². The molecule has 1 aromatic carbocycles. The van der Waals surface area contributed by atoms with Gasteiger partial charge in [0.05, 0.1) is 15.2 Å². The minimum absolute atomic E-state index is 1.08. The van der Waals surface area contributed by atoms with Gasteiger partial charge >= 0.3 is 0 Å². The predicted molar refractivity (Wildman–Crippen MR) is 67.6 cm³/mol. The number of aryl methyl sites for hydroxylation is 1. The molecular formula is C13H10N2S. The molecule has 2 aromatic heterocycles. The number of hydrogen-bond acceptors (Lipinski definition) is 3. The molecule has 0 unspecified atom stereocenters. The van der Waals surface area contributed by atoms with Gasteiger partial charge in [-0.3, -0.25) is 4.98 Å². The number of hydrogen-bond donors (Lipinski definition) is 0. The van der Waals surface area contributed by atoms with Crippen molar-refractivity contribution in [2.75, 3.05) is 0 Å². The fourth-order valence-electron chi connectivity index (χ4n) is 1.76. The molecule has 3 aromatic rings. The fourth-order valence-corrected chi connectivity index (χ4v) is 2.63. The van der Waals surface area contributed by atoms with E-state index in [1.165, 1.54) is 15.8 Å². The molecule has 0 fully saturated rings. The molecule has 0 aliphatic rings. The van der Waals surface area contributed by atoms with Crippen LogP contribution in [0.5, 0.6) is 0 Å². The molecule has 0 amide bonds.